The van der Waals surface area contributed by atoms with Gasteiger partial charge in [-0.2, -0.15) is 0 Å². The minimum atomic E-state index is -0.568. The Morgan fingerprint density at radius 2 is 1.55 bits per heavy atom. The van der Waals surface area contributed by atoms with E-state index in [4.69, 9.17) is 4.74 Å². The third-order valence-corrected chi connectivity index (χ3v) is 2.99. The highest BCUT2D eigenvalue weighted by atomic mass is 16.5. The van der Waals surface area contributed by atoms with Gasteiger partial charge >= 0.3 is 0 Å². The maximum atomic E-state index is 12.1. The van der Waals surface area contributed by atoms with Crippen LogP contribution in [0.4, 0.5) is 5.69 Å². The molecule has 0 heterocycles. The smallest absolute Gasteiger partial charge is 0.299 e. The number of ether oxygens (including phenoxy) is 1. The van der Waals surface area contributed by atoms with Crippen molar-refractivity contribution < 1.29 is 14.3 Å². The topological polar surface area (TPSA) is 46.6 Å². The third kappa shape index (κ3) is 2.85. The zero-order valence-electron chi connectivity index (χ0n) is 11.4. The molecule has 0 radical (unpaired) electrons. The summed E-state index contributed by atoms with van der Waals surface area (Å²) in [4.78, 5) is 25.5. The van der Waals surface area contributed by atoms with Crippen molar-refractivity contribution >= 4 is 17.4 Å². The lowest BCUT2D eigenvalue weighted by Gasteiger charge is -2.16. The number of methoxy groups -OCH3 is 1. The fourth-order valence-electron chi connectivity index (χ4n) is 1.79. The van der Waals surface area contributed by atoms with E-state index in [1.54, 1.807) is 68.8 Å². The number of ketones is 1. The summed E-state index contributed by atoms with van der Waals surface area (Å²) in [6.07, 6.45) is 0. The fraction of sp³-hybridized carbons (Fsp3) is 0.125. The van der Waals surface area contributed by atoms with Gasteiger partial charge in [0.2, 0.25) is 0 Å². The van der Waals surface area contributed by atoms with Crippen LogP contribution in [0, 0.1) is 0 Å². The summed E-state index contributed by atoms with van der Waals surface area (Å²) in [5.41, 5.74) is 1.03. The van der Waals surface area contributed by atoms with Crippen LogP contribution in [0.3, 0.4) is 0 Å². The van der Waals surface area contributed by atoms with Crippen molar-refractivity contribution in [2.75, 3.05) is 19.1 Å². The Morgan fingerprint density at radius 3 is 2.10 bits per heavy atom. The maximum Gasteiger partial charge on any atom is 0.299 e. The average molecular weight is 269 g/mol. The second-order valence-corrected chi connectivity index (χ2v) is 4.26. The summed E-state index contributed by atoms with van der Waals surface area (Å²) in [5.74, 6) is -0.394. The van der Waals surface area contributed by atoms with Gasteiger partial charge in [-0.25, -0.2) is 0 Å². The van der Waals surface area contributed by atoms with Crippen molar-refractivity contribution in [2.24, 2.45) is 0 Å². The van der Waals surface area contributed by atoms with Crippen LogP contribution in [-0.4, -0.2) is 25.8 Å². The second kappa shape index (κ2) is 6.02. The van der Waals surface area contributed by atoms with Gasteiger partial charge in [-0.1, -0.05) is 30.3 Å². The molecule has 4 nitrogen and oxygen atoms in total. The molecule has 2 aromatic carbocycles. The molecule has 4 heteroatoms. The summed E-state index contributed by atoms with van der Waals surface area (Å²) < 4.78 is 5.06. The molecule has 2 rings (SSSR count). The molecule has 0 spiro atoms. The van der Waals surface area contributed by atoms with E-state index < -0.39 is 11.7 Å². The fourth-order valence-corrected chi connectivity index (χ4v) is 1.79. The van der Waals surface area contributed by atoms with E-state index in [2.05, 4.69) is 0 Å². The number of Topliss-reactive ketones (excluding diaryl/α,β-unsaturated/α-hetero) is 1. The van der Waals surface area contributed by atoms with Crippen molar-refractivity contribution in [1.29, 1.82) is 0 Å². The molecule has 0 aromatic heterocycles. The Kier molecular flexibility index (Phi) is 4.15. The molecule has 0 saturated carbocycles. The Hall–Kier alpha value is -2.62. The van der Waals surface area contributed by atoms with E-state index in [1.165, 1.54) is 4.90 Å². The molecule has 1 amide bonds. The standard InChI is InChI=1S/C16H15NO3/c1-17(13-8-10-14(20-2)11-9-13)16(19)15(18)12-6-4-3-5-7-12/h3-11H,1-2H3. The lowest BCUT2D eigenvalue weighted by molar-refractivity contribution is -0.114. The number of benzene rings is 2. The van der Waals surface area contributed by atoms with Gasteiger partial charge in [0.15, 0.2) is 0 Å². The number of amides is 1. The lowest BCUT2D eigenvalue weighted by Crippen LogP contribution is -2.33. The van der Waals surface area contributed by atoms with Crippen LogP contribution in [-0.2, 0) is 4.79 Å². The van der Waals surface area contributed by atoms with Gasteiger partial charge in [0.1, 0.15) is 5.75 Å². The molecular formula is C16H15NO3. The quantitative estimate of drug-likeness (QED) is 0.633. The van der Waals surface area contributed by atoms with Crippen molar-refractivity contribution in [1.82, 2.24) is 0 Å². The highest BCUT2D eigenvalue weighted by Crippen LogP contribution is 2.18. The minimum Gasteiger partial charge on any atom is -0.497 e. The number of carbonyl (C=O) groups excluding carboxylic acids is 2. The first kappa shape index (κ1) is 13.8. The Labute approximate surface area is 117 Å². The normalized spacial score (nSPS) is 9.90. The summed E-state index contributed by atoms with van der Waals surface area (Å²) >= 11 is 0. The SMILES string of the molecule is COc1ccc(N(C)C(=O)C(=O)c2ccccc2)cc1. The van der Waals surface area contributed by atoms with E-state index in [0.29, 0.717) is 17.0 Å². The van der Waals surface area contributed by atoms with Gasteiger partial charge in [-0.15, -0.1) is 0 Å². The number of anilines is 1. The van der Waals surface area contributed by atoms with Crippen molar-refractivity contribution in [3.8, 4) is 5.75 Å². The Bertz CT molecular complexity index is 605. The molecule has 0 atom stereocenters. The van der Waals surface area contributed by atoms with Gasteiger partial charge in [-0.3, -0.25) is 9.59 Å². The maximum absolute atomic E-state index is 12.1. The Balaban J connectivity index is 2.17. The number of rotatable bonds is 4. The van der Waals surface area contributed by atoms with Crippen LogP contribution in [0.1, 0.15) is 10.4 Å². The summed E-state index contributed by atoms with van der Waals surface area (Å²) in [6, 6.07) is 15.5. The predicted octanol–water partition coefficient (Wildman–Crippen LogP) is 2.54. The van der Waals surface area contributed by atoms with Crippen LogP contribution < -0.4 is 9.64 Å². The first-order valence-corrected chi connectivity index (χ1v) is 6.15. The summed E-state index contributed by atoms with van der Waals surface area (Å²) in [5, 5.41) is 0. The average Bonchev–Trinajstić information content (AvgIpc) is 2.53. The number of carbonyl (C=O) groups is 2. The molecule has 0 saturated heterocycles. The molecule has 0 fully saturated rings. The zero-order valence-corrected chi connectivity index (χ0v) is 11.4. The van der Waals surface area contributed by atoms with Crippen LogP contribution >= 0.6 is 0 Å². The highest BCUT2D eigenvalue weighted by Gasteiger charge is 2.21. The van der Waals surface area contributed by atoms with E-state index in [1.807, 2.05) is 0 Å². The van der Waals surface area contributed by atoms with Crippen LogP contribution in [0.5, 0.6) is 5.75 Å². The van der Waals surface area contributed by atoms with E-state index in [-0.39, 0.29) is 0 Å². The molecule has 102 valence electrons. The molecule has 0 aliphatic rings. The van der Waals surface area contributed by atoms with E-state index >= 15 is 0 Å². The lowest BCUT2D eigenvalue weighted by atomic mass is 10.1. The van der Waals surface area contributed by atoms with Crippen LogP contribution in [0.15, 0.2) is 54.6 Å². The highest BCUT2D eigenvalue weighted by molar-refractivity contribution is 6.47. The molecule has 0 aliphatic carbocycles. The van der Waals surface area contributed by atoms with Gasteiger partial charge < -0.3 is 9.64 Å². The first-order chi connectivity index (χ1) is 9.63. The third-order valence-electron chi connectivity index (χ3n) is 2.99. The van der Waals surface area contributed by atoms with Crippen molar-refractivity contribution in [3.63, 3.8) is 0 Å². The molecule has 0 unspecified atom stereocenters. The summed E-state index contributed by atoms with van der Waals surface area (Å²) in [6.45, 7) is 0. The van der Waals surface area contributed by atoms with Gasteiger partial charge in [-0.05, 0) is 24.3 Å². The molecular weight excluding hydrogens is 254 g/mol. The monoisotopic (exact) mass is 269 g/mol. The largest absolute Gasteiger partial charge is 0.497 e. The second-order valence-electron chi connectivity index (χ2n) is 4.26. The molecule has 2 aromatic rings. The van der Waals surface area contributed by atoms with Gasteiger partial charge in [0.25, 0.3) is 11.7 Å². The van der Waals surface area contributed by atoms with Gasteiger partial charge in [0, 0.05) is 18.3 Å². The van der Waals surface area contributed by atoms with Crippen molar-refractivity contribution in [2.45, 2.75) is 0 Å². The number of likely N-dealkylation sites (N-methyl/N-ethyl adjacent to an activating group) is 1. The number of hydrogen-bond donors (Lipinski definition) is 0. The molecule has 20 heavy (non-hydrogen) atoms. The minimum absolute atomic E-state index is 0.387. The number of hydrogen-bond acceptors (Lipinski definition) is 3. The predicted molar refractivity (Wildman–Crippen MR) is 77.2 cm³/mol. The van der Waals surface area contributed by atoms with Gasteiger partial charge in [0.05, 0.1) is 7.11 Å². The molecule has 0 aliphatic heterocycles. The van der Waals surface area contributed by atoms with E-state index in [0.717, 1.165) is 0 Å². The van der Waals surface area contributed by atoms with Crippen LogP contribution in [0.2, 0.25) is 0 Å². The zero-order chi connectivity index (χ0) is 14.5. The summed E-state index contributed by atoms with van der Waals surface area (Å²) in [7, 11) is 3.15. The van der Waals surface area contributed by atoms with Crippen LogP contribution in [0.25, 0.3) is 0 Å². The Morgan fingerprint density at radius 1 is 0.950 bits per heavy atom. The molecule has 0 N–H and O–H groups in total. The van der Waals surface area contributed by atoms with E-state index in [9.17, 15) is 9.59 Å². The van der Waals surface area contributed by atoms with Crippen molar-refractivity contribution in [3.05, 3.63) is 60.2 Å². The first-order valence-electron chi connectivity index (χ1n) is 6.15. The molecule has 0 bridgehead atoms. The number of nitrogens with zero attached hydrogens (tertiary/aromatic N) is 1.